The van der Waals surface area contributed by atoms with Gasteiger partial charge in [0, 0.05) is 12.8 Å². The molecule has 0 saturated heterocycles. The van der Waals surface area contributed by atoms with Crippen LogP contribution in [0.15, 0.2) is 11.6 Å². The minimum absolute atomic E-state index is 0.295. The smallest absolute Gasteiger partial charge is 0.155 e. The van der Waals surface area contributed by atoms with Gasteiger partial charge in [-0.1, -0.05) is 19.4 Å². The Kier molecular flexibility index (Phi) is 3.90. The van der Waals surface area contributed by atoms with Gasteiger partial charge in [-0.2, -0.15) is 5.26 Å². The van der Waals surface area contributed by atoms with E-state index in [0.717, 1.165) is 55.8 Å². The SMILES string of the molecule is CC12CCC(=O)C=C1CCC1C2CCC2(C)C(CCC#N)CCC12. The van der Waals surface area contributed by atoms with E-state index in [0.29, 0.717) is 16.6 Å². The first-order chi connectivity index (χ1) is 11.5. The van der Waals surface area contributed by atoms with E-state index in [9.17, 15) is 4.79 Å². The maximum absolute atomic E-state index is 11.9. The largest absolute Gasteiger partial charge is 0.295 e. The van der Waals surface area contributed by atoms with Gasteiger partial charge in [0.1, 0.15) is 0 Å². The van der Waals surface area contributed by atoms with E-state index >= 15 is 0 Å². The maximum atomic E-state index is 11.9. The van der Waals surface area contributed by atoms with Gasteiger partial charge in [0.05, 0.1) is 6.07 Å². The van der Waals surface area contributed by atoms with Crippen molar-refractivity contribution < 1.29 is 4.79 Å². The summed E-state index contributed by atoms with van der Waals surface area (Å²) >= 11 is 0. The van der Waals surface area contributed by atoms with E-state index in [1.54, 1.807) is 0 Å². The fraction of sp³-hybridized carbons (Fsp3) is 0.818. The summed E-state index contributed by atoms with van der Waals surface area (Å²) in [5, 5.41) is 8.99. The molecule has 0 amide bonds. The number of rotatable bonds is 2. The Morgan fingerprint density at radius 2 is 1.96 bits per heavy atom. The summed E-state index contributed by atoms with van der Waals surface area (Å²) in [6.07, 6.45) is 13.5. The van der Waals surface area contributed by atoms with E-state index in [1.165, 1.54) is 37.7 Å². The first-order valence-corrected chi connectivity index (χ1v) is 10.1. The highest BCUT2D eigenvalue weighted by atomic mass is 16.1. The average Bonchev–Trinajstić information content (AvgIpc) is 2.90. The predicted octanol–water partition coefficient (Wildman–Crippen LogP) is 5.44. The molecule has 4 aliphatic carbocycles. The molecule has 0 aromatic rings. The molecule has 0 heterocycles. The number of ketones is 1. The van der Waals surface area contributed by atoms with E-state index in [2.05, 4.69) is 19.9 Å². The number of fused-ring (bicyclic) bond motifs is 5. The van der Waals surface area contributed by atoms with Crippen molar-refractivity contribution in [3.63, 3.8) is 0 Å². The number of hydrogen-bond donors (Lipinski definition) is 0. The van der Waals surface area contributed by atoms with Gasteiger partial charge in [0.25, 0.3) is 0 Å². The number of nitrogens with zero attached hydrogens (tertiary/aromatic N) is 1. The van der Waals surface area contributed by atoms with Gasteiger partial charge in [-0.05, 0) is 91.9 Å². The third kappa shape index (κ3) is 2.23. The summed E-state index contributed by atoms with van der Waals surface area (Å²) in [5.74, 6) is 3.63. The molecule has 3 fully saturated rings. The molecule has 6 atom stereocenters. The van der Waals surface area contributed by atoms with Crippen molar-refractivity contribution >= 4 is 5.78 Å². The topological polar surface area (TPSA) is 40.9 Å². The van der Waals surface area contributed by atoms with Crippen LogP contribution in [0.5, 0.6) is 0 Å². The summed E-state index contributed by atoms with van der Waals surface area (Å²) in [6, 6.07) is 2.37. The molecule has 6 unspecified atom stereocenters. The van der Waals surface area contributed by atoms with Crippen LogP contribution in [0.3, 0.4) is 0 Å². The molecular weight excluding hydrogens is 294 g/mol. The summed E-state index contributed by atoms with van der Waals surface area (Å²) < 4.78 is 0. The lowest BCUT2D eigenvalue weighted by molar-refractivity contribution is -0.117. The van der Waals surface area contributed by atoms with Gasteiger partial charge in [-0.15, -0.1) is 0 Å². The standard InChI is InChI=1S/C22H31NO/c1-21-12-10-20-18(19(21)8-6-15(21)4-3-13-23)7-5-16-14-17(24)9-11-22(16,20)2/h14-15,18-20H,3-12H2,1-2H3. The molecule has 4 rings (SSSR count). The van der Waals surface area contributed by atoms with Crippen molar-refractivity contribution in [1.29, 1.82) is 5.26 Å². The molecule has 0 aromatic carbocycles. The summed E-state index contributed by atoms with van der Waals surface area (Å²) in [5.41, 5.74) is 2.24. The Labute approximate surface area is 146 Å². The quantitative estimate of drug-likeness (QED) is 0.678. The molecule has 0 bridgehead atoms. The first kappa shape index (κ1) is 16.4. The van der Waals surface area contributed by atoms with Crippen LogP contribution in [0.4, 0.5) is 0 Å². The first-order valence-electron chi connectivity index (χ1n) is 10.1. The highest BCUT2D eigenvalue weighted by Gasteiger charge is 2.58. The number of hydrogen-bond acceptors (Lipinski definition) is 2. The highest BCUT2D eigenvalue weighted by Crippen LogP contribution is 2.67. The molecule has 3 saturated carbocycles. The third-order valence-electron chi connectivity index (χ3n) is 8.76. The molecule has 0 aliphatic heterocycles. The van der Waals surface area contributed by atoms with Crippen LogP contribution in [-0.4, -0.2) is 5.78 Å². The fourth-order valence-corrected chi connectivity index (χ4v) is 7.38. The number of carbonyl (C=O) groups excluding carboxylic acids is 1. The number of carbonyl (C=O) groups is 1. The Bertz CT molecular complexity index is 614. The lowest BCUT2D eigenvalue weighted by Gasteiger charge is -2.58. The molecule has 0 radical (unpaired) electrons. The normalized spacial score (nSPS) is 47.2. The van der Waals surface area contributed by atoms with Crippen molar-refractivity contribution in [3.8, 4) is 6.07 Å². The van der Waals surface area contributed by atoms with Crippen molar-refractivity contribution in [2.75, 3.05) is 0 Å². The average molecular weight is 325 g/mol. The second-order valence-corrected chi connectivity index (χ2v) is 9.48. The number of nitriles is 1. The summed E-state index contributed by atoms with van der Waals surface area (Å²) in [6.45, 7) is 5.01. The van der Waals surface area contributed by atoms with Crippen LogP contribution in [0, 0.1) is 45.8 Å². The van der Waals surface area contributed by atoms with Crippen molar-refractivity contribution in [2.45, 2.75) is 78.1 Å². The zero-order valence-electron chi connectivity index (χ0n) is 15.3. The molecule has 24 heavy (non-hydrogen) atoms. The van der Waals surface area contributed by atoms with Gasteiger partial charge < -0.3 is 0 Å². The van der Waals surface area contributed by atoms with Gasteiger partial charge in [0.15, 0.2) is 5.78 Å². The second-order valence-electron chi connectivity index (χ2n) is 9.48. The molecule has 2 heteroatoms. The molecule has 0 aromatic heterocycles. The lowest BCUT2D eigenvalue weighted by atomic mass is 9.47. The van der Waals surface area contributed by atoms with Crippen molar-refractivity contribution in [1.82, 2.24) is 0 Å². The van der Waals surface area contributed by atoms with Gasteiger partial charge in [-0.3, -0.25) is 4.79 Å². The Hall–Kier alpha value is -1.10. The summed E-state index contributed by atoms with van der Waals surface area (Å²) in [4.78, 5) is 11.9. The van der Waals surface area contributed by atoms with Crippen LogP contribution in [0.2, 0.25) is 0 Å². The van der Waals surface area contributed by atoms with Gasteiger partial charge in [-0.25, -0.2) is 0 Å². The van der Waals surface area contributed by atoms with E-state index in [-0.39, 0.29) is 0 Å². The predicted molar refractivity (Wildman–Crippen MR) is 95.0 cm³/mol. The summed E-state index contributed by atoms with van der Waals surface area (Å²) in [7, 11) is 0. The molecule has 0 spiro atoms. The molecule has 4 aliphatic rings. The molecule has 2 nitrogen and oxygen atoms in total. The lowest BCUT2D eigenvalue weighted by Crippen LogP contribution is -2.50. The van der Waals surface area contributed by atoms with E-state index in [1.807, 2.05) is 6.08 Å². The minimum Gasteiger partial charge on any atom is -0.295 e. The molecule has 130 valence electrons. The number of allylic oxidation sites excluding steroid dienone is 1. The van der Waals surface area contributed by atoms with E-state index < -0.39 is 0 Å². The Morgan fingerprint density at radius 1 is 1.12 bits per heavy atom. The third-order valence-corrected chi connectivity index (χ3v) is 8.76. The monoisotopic (exact) mass is 325 g/mol. The van der Waals surface area contributed by atoms with Crippen molar-refractivity contribution in [2.24, 2.45) is 34.5 Å². The van der Waals surface area contributed by atoms with Crippen LogP contribution in [0.1, 0.15) is 78.1 Å². The Balaban J connectivity index is 1.60. The van der Waals surface area contributed by atoms with Gasteiger partial charge in [0.2, 0.25) is 0 Å². The van der Waals surface area contributed by atoms with Gasteiger partial charge >= 0.3 is 0 Å². The van der Waals surface area contributed by atoms with Crippen LogP contribution in [0.25, 0.3) is 0 Å². The van der Waals surface area contributed by atoms with Crippen LogP contribution >= 0.6 is 0 Å². The zero-order valence-corrected chi connectivity index (χ0v) is 15.3. The minimum atomic E-state index is 0.295. The molecule has 0 N–H and O–H groups in total. The zero-order chi connectivity index (χ0) is 16.9. The van der Waals surface area contributed by atoms with Crippen molar-refractivity contribution in [3.05, 3.63) is 11.6 Å². The fourth-order valence-electron chi connectivity index (χ4n) is 7.38. The maximum Gasteiger partial charge on any atom is 0.155 e. The Morgan fingerprint density at radius 3 is 2.75 bits per heavy atom. The van der Waals surface area contributed by atoms with Crippen LogP contribution in [-0.2, 0) is 4.79 Å². The highest BCUT2D eigenvalue weighted by molar-refractivity contribution is 5.91. The second kappa shape index (κ2) is 5.72. The molecular formula is C22H31NO. The van der Waals surface area contributed by atoms with E-state index in [4.69, 9.17) is 5.26 Å². The van der Waals surface area contributed by atoms with Crippen LogP contribution < -0.4 is 0 Å².